The van der Waals surface area contributed by atoms with Gasteiger partial charge in [-0.1, -0.05) is 0 Å². The summed E-state index contributed by atoms with van der Waals surface area (Å²) in [6.45, 7) is 1.11. The minimum Gasteiger partial charge on any atom is -0.508 e. The summed E-state index contributed by atoms with van der Waals surface area (Å²) in [4.78, 5) is 10.5. The third-order valence-corrected chi connectivity index (χ3v) is 2.87. The zero-order valence-corrected chi connectivity index (χ0v) is 8.21. The van der Waals surface area contributed by atoms with Gasteiger partial charge >= 0.3 is 0 Å². The van der Waals surface area contributed by atoms with E-state index in [9.17, 15) is 13.2 Å². The molecule has 0 fully saturated rings. The Bertz CT molecular complexity index is 435. The van der Waals surface area contributed by atoms with Gasteiger partial charge in [0.2, 0.25) is 5.91 Å². The predicted molar refractivity (Wildman–Crippen MR) is 49.1 cm³/mol. The van der Waals surface area contributed by atoms with Gasteiger partial charge < -0.3 is 5.11 Å². The molecule has 0 aliphatic carbocycles. The normalized spacial score (nSPS) is 10.9. The first-order valence-electron chi connectivity index (χ1n) is 3.74. The summed E-state index contributed by atoms with van der Waals surface area (Å²) in [5.74, 6) is -0.690. The fraction of sp³-hybridized carbons (Fsp3) is 0.125. The maximum absolute atomic E-state index is 11.3. The number of rotatable bonds is 2. The number of phenolic OH excluding ortho intramolecular Hbond substituents is 1. The largest absolute Gasteiger partial charge is 0.508 e. The number of hydrogen-bond donors (Lipinski definition) is 2. The molecule has 0 heterocycles. The molecule has 1 aromatic carbocycles. The number of carbonyl (C=O) groups excluding carboxylic acids is 1. The van der Waals surface area contributed by atoms with E-state index in [0.717, 1.165) is 6.92 Å². The minimum absolute atomic E-state index is 0.0354. The van der Waals surface area contributed by atoms with Crippen molar-refractivity contribution in [2.24, 2.45) is 0 Å². The number of nitrogens with one attached hydrogen (secondary N) is 1. The van der Waals surface area contributed by atoms with Gasteiger partial charge in [0.25, 0.3) is 10.0 Å². The van der Waals surface area contributed by atoms with Crippen molar-refractivity contribution >= 4 is 15.9 Å². The Labute approximate surface area is 81.4 Å². The molecule has 76 valence electrons. The topological polar surface area (TPSA) is 83.5 Å². The molecule has 1 aromatic rings. The Morgan fingerprint density at radius 1 is 1.29 bits per heavy atom. The number of amides is 1. The number of hydrogen-bond acceptors (Lipinski definition) is 4. The Hall–Kier alpha value is -1.56. The Balaban J connectivity index is 3.05. The lowest BCUT2D eigenvalue weighted by Gasteiger charge is -2.03. The number of sulfonamides is 1. The molecule has 0 aliphatic heterocycles. The molecule has 1 rings (SSSR count). The maximum Gasteiger partial charge on any atom is 0.264 e. The minimum atomic E-state index is -3.79. The average Bonchev–Trinajstić information content (AvgIpc) is 2.02. The lowest BCUT2D eigenvalue weighted by Crippen LogP contribution is -2.28. The first-order valence-corrected chi connectivity index (χ1v) is 5.22. The first-order chi connectivity index (χ1) is 6.42. The van der Waals surface area contributed by atoms with Crippen LogP contribution in [0.3, 0.4) is 0 Å². The highest BCUT2D eigenvalue weighted by Gasteiger charge is 2.14. The van der Waals surface area contributed by atoms with Gasteiger partial charge in [0.05, 0.1) is 4.90 Å². The van der Waals surface area contributed by atoms with Crippen molar-refractivity contribution in [2.75, 3.05) is 0 Å². The second-order valence-electron chi connectivity index (χ2n) is 2.66. The van der Waals surface area contributed by atoms with Crippen molar-refractivity contribution in [3.63, 3.8) is 0 Å². The average molecular weight is 215 g/mol. The molecule has 14 heavy (non-hydrogen) atoms. The number of aromatic hydroxyl groups is 1. The van der Waals surface area contributed by atoms with Crippen LogP contribution in [0, 0.1) is 0 Å². The Morgan fingerprint density at radius 3 is 2.21 bits per heavy atom. The standard InChI is InChI=1S/C8H9NO4S/c1-6(10)9-14(12,13)8-4-2-7(11)3-5-8/h2-5,11H,1H3,(H,9,10). The predicted octanol–water partition coefficient (Wildman–Crippen LogP) is 0.217. The lowest BCUT2D eigenvalue weighted by molar-refractivity contribution is -0.117. The van der Waals surface area contributed by atoms with Crippen LogP contribution in [-0.2, 0) is 14.8 Å². The summed E-state index contributed by atoms with van der Waals surface area (Å²) in [6, 6.07) is 4.88. The highest BCUT2D eigenvalue weighted by molar-refractivity contribution is 7.90. The zero-order valence-electron chi connectivity index (χ0n) is 7.39. The zero-order chi connectivity index (χ0) is 10.8. The molecule has 0 radical (unpaired) electrons. The summed E-state index contributed by atoms with van der Waals surface area (Å²) in [7, 11) is -3.79. The van der Waals surface area contributed by atoms with Crippen molar-refractivity contribution in [1.82, 2.24) is 4.72 Å². The third kappa shape index (κ3) is 2.46. The molecule has 0 saturated heterocycles. The van der Waals surface area contributed by atoms with E-state index in [4.69, 9.17) is 5.11 Å². The molecule has 0 saturated carbocycles. The number of benzene rings is 1. The molecule has 1 amide bonds. The summed E-state index contributed by atoms with van der Waals surface area (Å²) in [6.07, 6.45) is 0. The molecule has 0 aliphatic rings. The van der Waals surface area contributed by atoms with E-state index in [2.05, 4.69) is 0 Å². The summed E-state index contributed by atoms with van der Waals surface area (Å²) < 4.78 is 24.5. The van der Waals surface area contributed by atoms with Crippen molar-refractivity contribution in [1.29, 1.82) is 0 Å². The van der Waals surface area contributed by atoms with Gasteiger partial charge in [-0.3, -0.25) is 4.79 Å². The van der Waals surface area contributed by atoms with E-state index in [1.165, 1.54) is 24.3 Å². The van der Waals surface area contributed by atoms with Crippen molar-refractivity contribution in [3.8, 4) is 5.75 Å². The summed E-state index contributed by atoms with van der Waals surface area (Å²) in [5, 5.41) is 8.92. The van der Waals surface area contributed by atoms with E-state index in [-0.39, 0.29) is 10.6 Å². The summed E-state index contributed by atoms with van der Waals surface area (Å²) >= 11 is 0. The van der Waals surface area contributed by atoms with Crippen molar-refractivity contribution in [2.45, 2.75) is 11.8 Å². The molecule has 0 aromatic heterocycles. The van der Waals surface area contributed by atoms with Crippen LogP contribution < -0.4 is 4.72 Å². The SMILES string of the molecule is CC(=O)NS(=O)(=O)c1ccc(O)cc1. The van der Waals surface area contributed by atoms with Crippen molar-refractivity contribution in [3.05, 3.63) is 24.3 Å². The summed E-state index contributed by atoms with van der Waals surface area (Å²) in [5.41, 5.74) is 0. The smallest absolute Gasteiger partial charge is 0.264 e. The first kappa shape index (κ1) is 10.5. The molecule has 6 heteroatoms. The molecular formula is C8H9NO4S. The molecule has 0 bridgehead atoms. The van der Waals surface area contributed by atoms with Crippen LogP contribution in [0.5, 0.6) is 5.75 Å². The molecule has 2 N–H and O–H groups in total. The van der Waals surface area contributed by atoms with Gasteiger partial charge in [-0.25, -0.2) is 13.1 Å². The highest BCUT2D eigenvalue weighted by atomic mass is 32.2. The number of carbonyl (C=O) groups is 1. The van der Waals surface area contributed by atoms with Gasteiger partial charge in [-0.05, 0) is 24.3 Å². The van der Waals surface area contributed by atoms with Crippen LogP contribution in [-0.4, -0.2) is 19.4 Å². The van der Waals surface area contributed by atoms with Gasteiger partial charge in [0.15, 0.2) is 0 Å². The van der Waals surface area contributed by atoms with E-state index < -0.39 is 15.9 Å². The van der Waals surface area contributed by atoms with Gasteiger partial charge in [0.1, 0.15) is 5.75 Å². The van der Waals surface area contributed by atoms with Gasteiger partial charge in [0, 0.05) is 6.92 Å². The number of phenols is 1. The van der Waals surface area contributed by atoms with E-state index >= 15 is 0 Å². The monoisotopic (exact) mass is 215 g/mol. The fourth-order valence-electron chi connectivity index (χ4n) is 0.873. The van der Waals surface area contributed by atoms with Gasteiger partial charge in [-0.2, -0.15) is 0 Å². The fourth-order valence-corrected chi connectivity index (χ4v) is 1.86. The van der Waals surface area contributed by atoms with Crippen LogP contribution in [0.15, 0.2) is 29.2 Å². The Kier molecular flexibility index (Phi) is 2.76. The van der Waals surface area contributed by atoms with E-state index in [1.807, 2.05) is 0 Å². The highest BCUT2D eigenvalue weighted by Crippen LogP contribution is 2.13. The van der Waals surface area contributed by atoms with E-state index in [0.29, 0.717) is 0 Å². The molecule has 0 unspecified atom stereocenters. The second-order valence-corrected chi connectivity index (χ2v) is 4.34. The quantitative estimate of drug-likeness (QED) is 0.739. The second kappa shape index (κ2) is 3.67. The van der Waals surface area contributed by atoms with Crippen LogP contribution in [0.2, 0.25) is 0 Å². The lowest BCUT2D eigenvalue weighted by atomic mass is 10.3. The van der Waals surface area contributed by atoms with Crippen LogP contribution in [0.25, 0.3) is 0 Å². The Morgan fingerprint density at radius 2 is 1.79 bits per heavy atom. The van der Waals surface area contributed by atoms with Crippen LogP contribution in [0.4, 0.5) is 0 Å². The van der Waals surface area contributed by atoms with Gasteiger partial charge in [-0.15, -0.1) is 0 Å². The van der Waals surface area contributed by atoms with Crippen molar-refractivity contribution < 1.29 is 18.3 Å². The molecule has 0 atom stereocenters. The van der Waals surface area contributed by atoms with Crippen LogP contribution >= 0.6 is 0 Å². The van der Waals surface area contributed by atoms with Crippen LogP contribution in [0.1, 0.15) is 6.92 Å². The van der Waals surface area contributed by atoms with E-state index in [1.54, 1.807) is 4.72 Å². The molecular weight excluding hydrogens is 206 g/mol. The third-order valence-electron chi connectivity index (χ3n) is 1.43. The molecule has 5 nitrogen and oxygen atoms in total. The maximum atomic E-state index is 11.3. The molecule has 0 spiro atoms.